The second-order valence-electron chi connectivity index (χ2n) is 7.22. The minimum Gasteiger partial charge on any atom is -0.507 e. The van der Waals surface area contributed by atoms with Crippen molar-refractivity contribution < 1.29 is 9.84 Å². The van der Waals surface area contributed by atoms with Crippen molar-refractivity contribution in [1.82, 2.24) is 0 Å². The number of hydrogen-bond donors (Lipinski definition) is 1. The summed E-state index contributed by atoms with van der Waals surface area (Å²) in [6.45, 7) is 10.6. The van der Waals surface area contributed by atoms with Crippen LogP contribution in [-0.2, 0) is 6.42 Å². The number of phenols is 1. The summed E-state index contributed by atoms with van der Waals surface area (Å²) >= 11 is 0. The van der Waals surface area contributed by atoms with Crippen LogP contribution in [-0.4, -0.2) is 12.2 Å². The Morgan fingerprint density at radius 1 is 1.33 bits per heavy atom. The van der Waals surface area contributed by atoms with E-state index in [9.17, 15) is 5.11 Å². The van der Waals surface area contributed by atoms with Crippen molar-refractivity contribution in [3.8, 4) is 11.5 Å². The molecular formula is C22H32O2. The zero-order valence-electron chi connectivity index (χ0n) is 15.7. The fourth-order valence-electron chi connectivity index (χ4n) is 3.80. The van der Waals surface area contributed by atoms with Crippen LogP contribution in [0.4, 0.5) is 0 Å². The van der Waals surface area contributed by atoms with E-state index in [1.54, 1.807) is 7.11 Å². The van der Waals surface area contributed by atoms with Crippen molar-refractivity contribution in [3.05, 3.63) is 47.1 Å². The van der Waals surface area contributed by atoms with Gasteiger partial charge in [-0.3, -0.25) is 0 Å². The minimum absolute atomic E-state index is 0.149. The van der Waals surface area contributed by atoms with Crippen LogP contribution in [0.1, 0.15) is 69.9 Å². The van der Waals surface area contributed by atoms with Crippen LogP contribution in [0.3, 0.4) is 0 Å². The molecule has 1 aliphatic rings. The highest BCUT2D eigenvalue weighted by Crippen LogP contribution is 2.46. The van der Waals surface area contributed by atoms with Gasteiger partial charge in [0, 0.05) is 11.5 Å². The van der Waals surface area contributed by atoms with Gasteiger partial charge in [-0.05, 0) is 63.1 Å². The summed E-state index contributed by atoms with van der Waals surface area (Å²) in [5.74, 6) is 1.68. The summed E-state index contributed by atoms with van der Waals surface area (Å²) in [4.78, 5) is 0. The maximum Gasteiger partial charge on any atom is 0.126 e. The van der Waals surface area contributed by atoms with Crippen LogP contribution in [0, 0.1) is 5.92 Å². The van der Waals surface area contributed by atoms with Crippen molar-refractivity contribution in [1.29, 1.82) is 0 Å². The number of unbranched alkanes of at least 4 members (excludes halogenated alkanes) is 2. The topological polar surface area (TPSA) is 29.5 Å². The number of hydrogen-bond acceptors (Lipinski definition) is 2. The van der Waals surface area contributed by atoms with Crippen LogP contribution >= 0.6 is 0 Å². The molecule has 2 nitrogen and oxygen atoms in total. The molecule has 0 aliphatic heterocycles. The molecule has 2 rings (SSSR count). The molecule has 2 atom stereocenters. The monoisotopic (exact) mass is 328 g/mol. The summed E-state index contributed by atoms with van der Waals surface area (Å²) in [5, 5.41) is 10.8. The van der Waals surface area contributed by atoms with E-state index < -0.39 is 0 Å². The highest BCUT2D eigenvalue weighted by atomic mass is 16.5. The van der Waals surface area contributed by atoms with E-state index in [-0.39, 0.29) is 5.92 Å². The molecule has 132 valence electrons. The van der Waals surface area contributed by atoms with Crippen LogP contribution in [0.25, 0.3) is 0 Å². The molecule has 24 heavy (non-hydrogen) atoms. The second-order valence-corrected chi connectivity index (χ2v) is 7.22. The average Bonchev–Trinajstić information content (AvgIpc) is 2.54. The van der Waals surface area contributed by atoms with Gasteiger partial charge in [0.15, 0.2) is 0 Å². The third kappa shape index (κ3) is 4.23. The number of ether oxygens (including phenoxy) is 1. The maximum absolute atomic E-state index is 10.8. The fraction of sp³-hybridized carbons (Fsp3) is 0.545. The lowest BCUT2D eigenvalue weighted by Crippen LogP contribution is -2.17. The van der Waals surface area contributed by atoms with Gasteiger partial charge in [0.05, 0.1) is 7.11 Å². The van der Waals surface area contributed by atoms with Gasteiger partial charge in [-0.1, -0.05) is 43.6 Å². The van der Waals surface area contributed by atoms with Crippen molar-refractivity contribution >= 4 is 0 Å². The van der Waals surface area contributed by atoms with E-state index in [0.29, 0.717) is 11.7 Å². The summed E-state index contributed by atoms with van der Waals surface area (Å²) in [6, 6.07) is 4.04. The lowest BCUT2D eigenvalue weighted by atomic mass is 9.73. The summed E-state index contributed by atoms with van der Waals surface area (Å²) < 4.78 is 5.67. The van der Waals surface area contributed by atoms with Crippen LogP contribution in [0.2, 0.25) is 0 Å². The second kappa shape index (κ2) is 8.41. The molecule has 0 fully saturated rings. The number of methoxy groups -OCH3 is 1. The Kier molecular flexibility index (Phi) is 6.53. The van der Waals surface area contributed by atoms with E-state index in [4.69, 9.17) is 4.74 Å². The number of aromatic hydroxyl groups is 1. The van der Waals surface area contributed by atoms with E-state index in [1.165, 1.54) is 24.0 Å². The predicted molar refractivity (Wildman–Crippen MR) is 102 cm³/mol. The standard InChI is InChI=1S/C22H32O2/c1-6-7-8-9-17-13-20(23)22(21(14-17)24-5)19-12-16(4)10-11-18(19)15(2)3/h12-14,18-19,23H,2,6-11H2,1,3-5H3/t18-,19?/m0/s1. The molecule has 0 amide bonds. The molecule has 1 N–H and O–H groups in total. The van der Waals surface area contributed by atoms with Gasteiger partial charge in [-0.2, -0.15) is 0 Å². The van der Waals surface area contributed by atoms with Gasteiger partial charge >= 0.3 is 0 Å². The van der Waals surface area contributed by atoms with E-state index in [2.05, 4.69) is 39.5 Å². The Hall–Kier alpha value is -1.70. The van der Waals surface area contributed by atoms with Gasteiger partial charge in [0.25, 0.3) is 0 Å². The van der Waals surface area contributed by atoms with Gasteiger partial charge < -0.3 is 9.84 Å². The molecule has 0 radical (unpaired) electrons. The largest absolute Gasteiger partial charge is 0.507 e. The Labute approximate surface area is 147 Å². The minimum atomic E-state index is 0.149. The molecule has 1 aromatic carbocycles. The Morgan fingerprint density at radius 3 is 2.71 bits per heavy atom. The molecule has 2 heteroatoms. The molecule has 0 heterocycles. The molecule has 0 aromatic heterocycles. The smallest absolute Gasteiger partial charge is 0.126 e. The molecular weight excluding hydrogens is 296 g/mol. The van der Waals surface area contributed by atoms with Crippen molar-refractivity contribution in [3.63, 3.8) is 0 Å². The SMILES string of the molecule is C=C(C)[C@@H]1CCC(C)=CC1c1c(O)cc(CCCCC)cc1OC. The van der Waals surface area contributed by atoms with Crippen molar-refractivity contribution in [2.45, 2.75) is 65.2 Å². The molecule has 0 saturated heterocycles. The number of rotatable bonds is 7. The van der Waals surface area contributed by atoms with Gasteiger partial charge in [-0.25, -0.2) is 0 Å². The number of aryl methyl sites for hydroxylation is 1. The van der Waals surface area contributed by atoms with Crippen LogP contribution < -0.4 is 4.74 Å². The van der Waals surface area contributed by atoms with E-state index in [0.717, 1.165) is 42.6 Å². The fourth-order valence-corrected chi connectivity index (χ4v) is 3.80. The zero-order chi connectivity index (χ0) is 17.7. The number of benzene rings is 1. The Bertz CT molecular complexity index is 613. The van der Waals surface area contributed by atoms with Crippen LogP contribution in [0.5, 0.6) is 11.5 Å². The Morgan fingerprint density at radius 2 is 2.08 bits per heavy atom. The third-order valence-corrected chi connectivity index (χ3v) is 5.18. The van der Waals surface area contributed by atoms with Crippen LogP contribution in [0.15, 0.2) is 35.9 Å². The lowest BCUT2D eigenvalue weighted by molar-refractivity contribution is 0.381. The first-order valence-corrected chi connectivity index (χ1v) is 9.20. The molecule has 1 aromatic rings. The van der Waals surface area contributed by atoms with Crippen molar-refractivity contribution in [2.75, 3.05) is 7.11 Å². The van der Waals surface area contributed by atoms with Gasteiger partial charge in [0.2, 0.25) is 0 Å². The first kappa shape index (κ1) is 18.6. The maximum atomic E-state index is 10.8. The van der Waals surface area contributed by atoms with Crippen molar-refractivity contribution in [2.24, 2.45) is 5.92 Å². The van der Waals surface area contributed by atoms with E-state index in [1.807, 2.05) is 6.07 Å². The first-order chi connectivity index (χ1) is 11.5. The predicted octanol–water partition coefficient (Wildman–Crippen LogP) is 6.15. The lowest BCUT2D eigenvalue weighted by Gasteiger charge is -2.32. The molecule has 1 aliphatic carbocycles. The molecule has 0 bridgehead atoms. The summed E-state index contributed by atoms with van der Waals surface area (Å²) in [7, 11) is 1.70. The number of phenolic OH excluding ortho intramolecular Hbond substituents is 1. The molecule has 0 spiro atoms. The zero-order valence-corrected chi connectivity index (χ0v) is 15.7. The van der Waals surface area contributed by atoms with Gasteiger partial charge in [-0.15, -0.1) is 0 Å². The highest BCUT2D eigenvalue weighted by molar-refractivity contribution is 5.52. The van der Waals surface area contributed by atoms with E-state index >= 15 is 0 Å². The summed E-state index contributed by atoms with van der Waals surface area (Å²) in [5.41, 5.74) is 4.64. The first-order valence-electron chi connectivity index (χ1n) is 9.20. The van der Waals surface area contributed by atoms with Gasteiger partial charge in [0.1, 0.15) is 11.5 Å². The Balaban J connectivity index is 2.40. The highest BCUT2D eigenvalue weighted by Gasteiger charge is 2.30. The molecule has 1 unspecified atom stereocenters. The summed E-state index contributed by atoms with van der Waals surface area (Å²) in [6.07, 6.45) is 9.03. The quantitative estimate of drug-likeness (QED) is 0.480. The average molecular weight is 328 g/mol. The third-order valence-electron chi connectivity index (χ3n) is 5.18. The number of allylic oxidation sites excluding steroid dienone is 3. The normalized spacial score (nSPS) is 20.6. The molecule has 0 saturated carbocycles.